The van der Waals surface area contributed by atoms with Crippen molar-refractivity contribution >= 4 is 0 Å². The fourth-order valence-electron chi connectivity index (χ4n) is 0.480. The molecule has 0 amide bonds. The fourth-order valence-corrected chi connectivity index (χ4v) is 0.480. The molecule has 1 aromatic heterocycles. The first kappa shape index (κ1) is 5.15. The number of nitrogens with one attached hydrogen (secondary N) is 1. The van der Waals surface area contributed by atoms with Crippen molar-refractivity contribution in [3.05, 3.63) is 11.8 Å². The van der Waals surface area contributed by atoms with Gasteiger partial charge in [0.05, 0.1) is 11.8 Å². The average Bonchev–Trinajstić information content (AvgIpc) is 2.14. The van der Waals surface area contributed by atoms with Crippen LogP contribution in [0.2, 0.25) is 0 Å². The Morgan fingerprint density at radius 3 is 2.88 bits per heavy atom. The highest BCUT2D eigenvalue weighted by Crippen LogP contribution is 2.02. The highest BCUT2D eigenvalue weighted by atomic mass is 16.3. The number of aromatic hydroxyl groups is 1. The van der Waals surface area contributed by atoms with Crippen LogP contribution >= 0.6 is 0 Å². The lowest BCUT2D eigenvalue weighted by atomic mass is 10.3. The molecular weight excluding hydrogens is 104 g/mol. The van der Waals surface area contributed by atoms with Gasteiger partial charge >= 0.3 is 0 Å². The smallest absolute Gasteiger partial charge is 0.215 e. The predicted octanol–water partition coefficient (Wildman–Crippen LogP) is 0.478. The van der Waals surface area contributed by atoms with Crippen molar-refractivity contribution in [2.24, 2.45) is 0 Å². The molecule has 1 aromatic rings. The molecule has 1 heterocycles. The Labute approximate surface area is 47.4 Å². The molecule has 0 saturated carbocycles. The zero-order valence-electron chi connectivity index (χ0n) is 4.60. The number of aromatic amines is 1. The van der Waals surface area contributed by atoms with Crippen LogP contribution in [0.1, 0.15) is 12.6 Å². The van der Waals surface area contributed by atoms with Gasteiger partial charge in [0.2, 0.25) is 5.88 Å². The SMILES string of the molecule is CCc1[c]c(O)[nH]n1. The Hall–Kier alpha value is -0.990. The Balaban J connectivity index is 2.84. The summed E-state index contributed by atoms with van der Waals surface area (Å²) >= 11 is 0. The molecular formula is C5H7N2O. The van der Waals surface area contributed by atoms with Gasteiger partial charge in [-0.15, -0.1) is 0 Å². The van der Waals surface area contributed by atoms with E-state index in [0.717, 1.165) is 12.1 Å². The van der Waals surface area contributed by atoms with Crippen molar-refractivity contribution in [1.29, 1.82) is 0 Å². The molecule has 2 N–H and O–H groups in total. The number of H-pyrrole nitrogens is 1. The van der Waals surface area contributed by atoms with E-state index in [1.54, 1.807) is 0 Å². The largest absolute Gasteiger partial charge is 0.493 e. The molecule has 0 saturated heterocycles. The highest BCUT2D eigenvalue weighted by molar-refractivity contribution is 5.08. The highest BCUT2D eigenvalue weighted by Gasteiger charge is 1.93. The second kappa shape index (κ2) is 1.86. The number of hydrogen-bond acceptors (Lipinski definition) is 2. The molecule has 3 nitrogen and oxygen atoms in total. The molecule has 0 spiro atoms. The van der Waals surface area contributed by atoms with Gasteiger partial charge in [-0.25, -0.2) is 5.10 Å². The third-order valence-corrected chi connectivity index (χ3v) is 0.894. The van der Waals surface area contributed by atoms with Gasteiger partial charge in [0.25, 0.3) is 0 Å². The number of nitrogens with zero attached hydrogens (tertiary/aromatic N) is 1. The molecule has 0 aliphatic rings. The molecule has 0 fully saturated rings. The van der Waals surface area contributed by atoms with Crippen LogP contribution in [0.4, 0.5) is 0 Å². The summed E-state index contributed by atoms with van der Waals surface area (Å²) in [6.45, 7) is 1.95. The summed E-state index contributed by atoms with van der Waals surface area (Å²) in [5.74, 6) is 0.0156. The molecule has 0 atom stereocenters. The Kier molecular flexibility index (Phi) is 1.20. The molecule has 0 aliphatic heterocycles. The van der Waals surface area contributed by atoms with Crippen LogP contribution in [0.3, 0.4) is 0 Å². The van der Waals surface area contributed by atoms with Gasteiger partial charge < -0.3 is 5.11 Å². The molecule has 0 bridgehead atoms. The third-order valence-electron chi connectivity index (χ3n) is 0.894. The Morgan fingerprint density at radius 2 is 2.62 bits per heavy atom. The van der Waals surface area contributed by atoms with Gasteiger partial charge in [-0.2, -0.15) is 5.10 Å². The van der Waals surface area contributed by atoms with Crippen LogP contribution in [-0.2, 0) is 6.42 Å². The van der Waals surface area contributed by atoms with E-state index in [4.69, 9.17) is 5.11 Å². The summed E-state index contributed by atoms with van der Waals surface area (Å²) < 4.78 is 0. The molecule has 0 aromatic carbocycles. The maximum Gasteiger partial charge on any atom is 0.215 e. The van der Waals surface area contributed by atoms with Crippen LogP contribution < -0.4 is 0 Å². The van der Waals surface area contributed by atoms with E-state index in [0.29, 0.717) is 0 Å². The fraction of sp³-hybridized carbons (Fsp3) is 0.400. The molecule has 1 rings (SSSR count). The first-order valence-electron chi connectivity index (χ1n) is 2.48. The molecule has 43 valence electrons. The maximum absolute atomic E-state index is 8.61. The lowest BCUT2D eigenvalue weighted by molar-refractivity contribution is 0.451. The standard InChI is InChI=1S/C5H7N2O/c1-2-4-3-5(8)7-6-4/h2H2,1H3,(H2,6,7,8). The Morgan fingerprint density at radius 1 is 1.88 bits per heavy atom. The lowest BCUT2D eigenvalue weighted by Gasteiger charge is -1.75. The zero-order chi connectivity index (χ0) is 5.98. The second-order valence-electron chi connectivity index (χ2n) is 1.50. The van der Waals surface area contributed by atoms with Crippen molar-refractivity contribution in [2.75, 3.05) is 0 Å². The first-order valence-corrected chi connectivity index (χ1v) is 2.48. The van der Waals surface area contributed by atoms with Crippen molar-refractivity contribution in [3.8, 4) is 5.88 Å². The third kappa shape index (κ3) is 0.804. The molecule has 8 heavy (non-hydrogen) atoms. The predicted molar refractivity (Wildman–Crippen MR) is 28.5 cm³/mol. The number of rotatable bonds is 1. The number of aromatic nitrogens is 2. The molecule has 0 aliphatic carbocycles. The van der Waals surface area contributed by atoms with E-state index in [1.807, 2.05) is 6.92 Å². The van der Waals surface area contributed by atoms with E-state index in [1.165, 1.54) is 0 Å². The van der Waals surface area contributed by atoms with Crippen molar-refractivity contribution < 1.29 is 5.11 Å². The minimum Gasteiger partial charge on any atom is -0.493 e. The van der Waals surface area contributed by atoms with Gasteiger partial charge in [-0.1, -0.05) is 6.92 Å². The van der Waals surface area contributed by atoms with Crippen LogP contribution in [-0.4, -0.2) is 15.3 Å². The molecule has 1 radical (unpaired) electrons. The quantitative estimate of drug-likeness (QED) is 0.553. The van der Waals surface area contributed by atoms with Crippen LogP contribution in [0.25, 0.3) is 0 Å². The first-order chi connectivity index (χ1) is 3.83. The summed E-state index contributed by atoms with van der Waals surface area (Å²) in [5, 5.41) is 14.7. The topological polar surface area (TPSA) is 48.9 Å². The van der Waals surface area contributed by atoms with Gasteiger partial charge in [-0.3, -0.25) is 0 Å². The van der Waals surface area contributed by atoms with Crippen molar-refractivity contribution in [2.45, 2.75) is 13.3 Å². The van der Waals surface area contributed by atoms with Crippen LogP contribution in [0, 0.1) is 6.07 Å². The molecule has 0 unspecified atom stereocenters. The second-order valence-corrected chi connectivity index (χ2v) is 1.50. The van der Waals surface area contributed by atoms with Gasteiger partial charge in [0.15, 0.2) is 0 Å². The van der Waals surface area contributed by atoms with E-state index in [-0.39, 0.29) is 5.88 Å². The molecule has 3 heteroatoms. The van der Waals surface area contributed by atoms with E-state index >= 15 is 0 Å². The summed E-state index contributed by atoms with van der Waals surface area (Å²) in [5.41, 5.74) is 0.766. The van der Waals surface area contributed by atoms with Crippen molar-refractivity contribution in [3.63, 3.8) is 0 Å². The van der Waals surface area contributed by atoms with Crippen molar-refractivity contribution in [1.82, 2.24) is 10.2 Å². The summed E-state index contributed by atoms with van der Waals surface area (Å²) in [7, 11) is 0. The zero-order valence-corrected chi connectivity index (χ0v) is 4.60. The number of hydrogen-bond donors (Lipinski definition) is 2. The van der Waals surface area contributed by atoms with E-state index in [2.05, 4.69) is 16.3 Å². The van der Waals surface area contributed by atoms with Gasteiger partial charge in [0, 0.05) is 0 Å². The average molecular weight is 111 g/mol. The van der Waals surface area contributed by atoms with E-state index in [9.17, 15) is 0 Å². The van der Waals surface area contributed by atoms with Crippen LogP contribution in [0.15, 0.2) is 0 Å². The summed E-state index contributed by atoms with van der Waals surface area (Å²) in [6, 6.07) is 2.61. The minimum absolute atomic E-state index is 0.0156. The summed E-state index contributed by atoms with van der Waals surface area (Å²) in [6.07, 6.45) is 0.803. The van der Waals surface area contributed by atoms with Gasteiger partial charge in [0.1, 0.15) is 0 Å². The normalized spacial score (nSPS) is 9.62. The Bertz CT molecular complexity index is 171. The lowest BCUT2D eigenvalue weighted by Crippen LogP contribution is -1.76. The monoisotopic (exact) mass is 111 g/mol. The van der Waals surface area contributed by atoms with Gasteiger partial charge in [-0.05, 0) is 6.42 Å². The minimum atomic E-state index is 0.0156. The van der Waals surface area contributed by atoms with Crippen LogP contribution in [0.5, 0.6) is 5.88 Å². The maximum atomic E-state index is 8.61. The van der Waals surface area contributed by atoms with E-state index < -0.39 is 0 Å². The summed E-state index contributed by atoms with van der Waals surface area (Å²) in [4.78, 5) is 0. The number of aryl methyl sites for hydroxylation is 1.